The molecule has 0 saturated carbocycles. The fraction of sp³-hybridized carbons (Fsp3) is 0.667. The number of hydrogen-bond donors (Lipinski definition) is 1. The molecule has 2 aliphatic rings. The van der Waals surface area contributed by atoms with Crippen LogP contribution in [-0.4, -0.2) is 54.6 Å². The Morgan fingerprint density at radius 3 is 2.78 bits per heavy atom. The maximum atomic E-state index is 10.7. The van der Waals surface area contributed by atoms with Gasteiger partial charge in [0.05, 0.1) is 24.4 Å². The topological polar surface area (TPSA) is 41.9 Å². The van der Waals surface area contributed by atoms with E-state index in [0.717, 1.165) is 37.5 Å². The number of halogens is 1. The molecule has 0 radical (unpaired) electrons. The summed E-state index contributed by atoms with van der Waals surface area (Å²) in [5.41, 5.74) is 0.326. The second-order valence-corrected chi connectivity index (χ2v) is 7.46. The lowest BCUT2D eigenvalue weighted by molar-refractivity contribution is -0.191. The van der Waals surface area contributed by atoms with Gasteiger partial charge in [-0.25, -0.2) is 0 Å². The molecule has 4 nitrogen and oxygen atoms in total. The Labute approximate surface area is 143 Å². The van der Waals surface area contributed by atoms with Gasteiger partial charge < -0.3 is 14.6 Å². The zero-order valence-corrected chi connectivity index (χ0v) is 14.5. The summed E-state index contributed by atoms with van der Waals surface area (Å²) in [6, 6.07) is 8.05. The zero-order valence-electron chi connectivity index (χ0n) is 13.8. The van der Waals surface area contributed by atoms with Crippen molar-refractivity contribution in [2.75, 3.05) is 33.4 Å². The van der Waals surface area contributed by atoms with Gasteiger partial charge in [-0.05, 0) is 30.5 Å². The molecule has 2 fully saturated rings. The molecule has 3 rings (SSSR count). The van der Waals surface area contributed by atoms with E-state index in [1.807, 2.05) is 18.2 Å². The number of hydrogen-bond acceptors (Lipinski definition) is 4. The van der Waals surface area contributed by atoms with Crippen molar-refractivity contribution in [3.05, 3.63) is 34.9 Å². The lowest BCUT2D eigenvalue weighted by Crippen LogP contribution is -2.55. The maximum absolute atomic E-state index is 10.7. The van der Waals surface area contributed by atoms with E-state index in [9.17, 15) is 5.11 Å². The monoisotopic (exact) mass is 339 g/mol. The van der Waals surface area contributed by atoms with E-state index in [-0.39, 0.29) is 5.60 Å². The maximum Gasteiger partial charge on any atom is 0.0929 e. The Hall–Kier alpha value is -0.650. The first-order valence-electron chi connectivity index (χ1n) is 8.35. The Bertz CT molecular complexity index is 527. The van der Waals surface area contributed by atoms with Gasteiger partial charge in [0, 0.05) is 44.6 Å². The number of aliphatic hydroxyl groups is 1. The number of piperidine rings is 1. The molecule has 0 amide bonds. The van der Waals surface area contributed by atoms with E-state index >= 15 is 0 Å². The van der Waals surface area contributed by atoms with Crippen molar-refractivity contribution >= 4 is 11.6 Å². The van der Waals surface area contributed by atoms with E-state index in [1.165, 1.54) is 5.56 Å². The third-order valence-electron chi connectivity index (χ3n) is 5.10. The first kappa shape index (κ1) is 17.2. The summed E-state index contributed by atoms with van der Waals surface area (Å²) in [4.78, 5) is 2.43. The molecule has 1 aromatic rings. The van der Waals surface area contributed by atoms with Crippen LogP contribution in [0.2, 0.25) is 5.02 Å². The molecule has 0 aromatic heterocycles. The average molecular weight is 340 g/mol. The first-order chi connectivity index (χ1) is 11.0. The van der Waals surface area contributed by atoms with E-state index < -0.39 is 5.60 Å². The minimum Gasteiger partial charge on any atom is -0.387 e. The summed E-state index contributed by atoms with van der Waals surface area (Å²) < 4.78 is 11.3. The van der Waals surface area contributed by atoms with Crippen LogP contribution in [0.15, 0.2) is 24.3 Å². The number of nitrogens with zero attached hydrogens (tertiary/aromatic N) is 1. The Morgan fingerprint density at radius 2 is 2.09 bits per heavy atom. The second kappa shape index (κ2) is 7.08. The first-order valence-corrected chi connectivity index (χ1v) is 8.73. The highest BCUT2D eigenvalue weighted by atomic mass is 35.5. The van der Waals surface area contributed by atoms with Gasteiger partial charge in [-0.15, -0.1) is 0 Å². The second-order valence-electron chi connectivity index (χ2n) is 7.02. The highest BCUT2D eigenvalue weighted by Crippen LogP contribution is 2.40. The van der Waals surface area contributed by atoms with Gasteiger partial charge in [0.15, 0.2) is 0 Å². The van der Waals surface area contributed by atoms with Crippen LogP contribution in [0.5, 0.6) is 0 Å². The standard InChI is InChI=1S/C18H26ClNO3/c1-22-14-17(21)7-10-23-18(13-17)5-8-20(9-6-18)12-15-3-2-4-16(19)11-15/h2-4,11,21H,5-10,12-14H2,1H3. The van der Waals surface area contributed by atoms with Crippen LogP contribution in [0.3, 0.4) is 0 Å². The predicted molar refractivity (Wildman–Crippen MR) is 90.7 cm³/mol. The van der Waals surface area contributed by atoms with E-state index in [4.69, 9.17) is 21.1 Å². The third-order valence-corrected chi connectivity index (χ3v) is 5.34. The van der Waals surface area contributed by atoms with E-state index in [2.05, 4.69) is 11.0 Å². The molecule has 128 valence electrons. The Balaban J connectivity index is 1.57. The summed E-state index contributed by atoms with van der Waals surface area (Å²) in [5, 5.41) is 11.5. The minimum absolute atomic E-state index is 0.184. The van der Waals surface area contributed by atoms with Gasteiger partial charge in [-0.2, -0.15) is 0 Å². The Morgan fingerprint density at radius 1 is 1.30 bits per heavy atom. The van der Waals surface area contributed by atoms with Crippen molar-refractivity contribution in [3.63, 3.8) is 0 Å². The molecule has 2 saturated heterocycles. The predicted octanol–water partition coefficient (Wildman–Crippen LogP) is 2.86. The summed E-state index contributed by atoms with van der Waals surface area (Å²) in [6.07, 6.45) is 3.26. The summed E-state index contributed by atoms with van der Waals surface area (Å²) in [7, 11) is 1.65. The average Bonchev–Trinajstić information content (AvgIpc) is 2.50. The molecular weight excluding hydrogens is 314 g/mol. The zero-order chi connectivity index (χ0) is 16.3. The fourth-order valence-corrected chi connectivity index (χ4v) is 4.13. The largest absolute Gasteiger partial charge is 0.387 e. The number of methoxy groups -OCH3 is 1. The van der Waals surface area contributed by atoms with Crippen LogP contribution in [0, 0.1) is 0 Å². The normalized spacial score (nSPS) is 28.1. The van der Waals surface area contributed by atoms with Crippen LogP contribution in [-0.2, 0) is 16.0 Å². The van der Waals surface area contributed by atoms with Crippen LogP contribution < -0.4 is 0 Å². The van der Waals surface area contributed by atoms with Gasteiger partial charge in [-0.3, -0.25) is 4.90 Å². The van der Waals surface area contributed by atoms with Crippen LogP contribution in [0.25, 0.3) is 0 Å². The van der Waals surface area contributed by atoms with Crippen molar-refractivity contribution in [3.8, 4) is 0 Å². The molecule has 1 atom stereocenters. The van der Waals surface area contributed by atoms with Crippen molar-refractivity contribution in [2.45, 2.75) is 43.4 Å². The molecule has 5 heteroatoms. The van der Waals surface area contributed by atoms with Gasteiger partial charge in [-0.1, -0.05) is 23.7 Å². The molecule has 0 bridgehead atoms. The molecule has 1 N–H and O–H groups in total. The SMILES string of the molecule is COCC1(O)CCOC2(CCN(Cc3cccc(Cl)c3)CC2)C1. The van der Waals surface area contributed by atoms with Crippen LogP contribution in [0.1, 0.15) is 31.2 Å². The molecule has 23 heavy (non-hydrogen) atoms. The van der Waals surface area contributed by atoms with Crippen LogP contribution in [0.4, 0.5) is 0 Å². The molecule has 2 heterocycles. The number of ether oxygens (including phenoxy) is 2. The van der Waals surface area contributed by atoms with Gasteiger partial charge in [0.1, 0.15) is 0 Å². The highest BCUT2D eigenvalue weighted by molar-refractivity contribution is 6.30. The molecular formula is C18H26ClNO3. The lowest BCUT2D eigenvalue weighted by Gasteiger charge is -2.49. The smallest absolute Gasteiger partial charge is 0.0929 e. The Kier molecular flexibility index (Phi) is 5.29. The van der Waals surface area contributed by atoms with E-state index in [0.29, 0.717) is 26.1 Å². The summed E-state index contributed by atoms with van der Waals surface area (Å²) in [6.45, 7) is 3.89. The molecule has 1 spiro atoms. The third kappa shape index (κ3) is 4.25. The van der Waals surface area contributed by atoms with Crippen LogP contribution >= 0.6 is 11.6 Å². The molecule has 2 aliphatic heterocycles. The summed E-state index contributed by atoms with van der Waals surface area (Å²) >= 11 is 6.06. The van der Waals surface area contributed by atoms with E-state index in [1.54, 1.807) is 7.11 Å². The molecule has 1 unspecified atom stereocenters. The number of rotatable bonds is 4. The molecule has 0 aliphatic carbocycles. The number of benzene rings is 1. The van der Waals surface area contributed by atoms with Gasteiger partial charge >= 0.3 is 0 Å². The lowest BCUT2D eigenvalue weighted by atomic mass is 9.77. The van der Waals surface area contributed by atoms with Crippen molar-refractivity contribution < 1.29 is 14.6 Å². The van der Waals surface area contributed by atoms with Crippen molar-refractivity contribution in [1.29, 1.82) is 0 Å². The van der Waals surface area contributed by atoms with Gasteiger partial charge in [0.25, 0.3) is 0 Å². The van der Waals surface area contributed by atoms with Crippen molar-refractivity contribution in [2.24, 2.45) is 0 Å². The summed E-state index contributed by atoms with van der Waals surface area (Å²) in [5.74, 6) is 0. The highest BCUT2D eigenvalue weighted by Gasteiger charge is 2.46. The quantitative estimate of drug-likeness (QED) is 0.916. The number of likely N-dealkylation sites (tertiary alicyclic amines) is 1. The van der Waals surface area contributed by atoms with Crippen molar-refractivity contribution in [1.82, 2.24) is 4.90 Å². The minimum atomic E-state index is -0.734. The van der Waals surface area contributed by atoms with Gasteiger partial charge in [0.2, 0.25) is 0 Å². The molecule has 1 aromatic carbocycles. The fourth-order valence-electron chi connectivity index (χ4n) is 3.92.